The van der Waals surface area contributed by atoms with Crippen molar-refractivity contribution in [1.29, 1.82) is 0 Å². The average Bonchev–Trinajstić information content (AvgIpc) is 2.55. The molecular formula is C16H18N2O4S2. The second-order valence-electron chi connectivity index (χ2n) is 5.05. The molecule has 0 amide bonds. The minimum absolute atomic E-state index is 0.0252. The molecule has 0 aliphatic carbocycles. The quantitative estimate of drug-likeness (QED) is 0.820. The molecule has 0 bridgehead atoms. The number of nitrogens with one attached hydrogen (secondary N) is 2. The van der Waals surface area contributed by atoms with Crippen LogP contribution in [0.3, 0.4) is 0 Å². The van der Waals surface area contributed by atoms with Crippen LogP contribution in [0.25, 0.3) is 6.08 Å². The molecular weight excluding hydrogens is 348 g/mol. The van der Waals surface area contributed by atoms with Gasteiger partial charge in [-0.25, -0.2) is 21.6 Å². The molecule has 0 atom stereocenters. The molecule has 0 saturated carbocycles. The monoisotopic (exact) mass is 366 g/mol. The molecule has 0 aliphatic heterocycles. The summed E-state index contributed by atoms with van der Waals surface area (Å²) in [7, 11) is -6.13. The molecule has 128 valence electrons. The molecule has 2 aromatic rings. The van der Waals surface area contributed by atoms with Gasteiger partial charge >= 0.3 is 0 Å². The summed E-state index contributed by atoms with van der Waals surface area (Å²) in [5, 5.41) is 1.04. The molecule has 0 radical (unpaired) electrons. The lowest BCUT2D eigenvalue weighted by molar-refractivity contribution is 0.587. The van der Waals surface area contributed by atoms with Crippen LogP contribution in [0.1, 0.15) is 11.1 Å². The summed E-state index contributed by atoms with van der Waals surface area (Å²) >= 11 is 0. The van der Waals surface area contributed by atoms with Gasteiger partial charge in [-0.1, -0.05) is 36.4 Å². The highest BCUT2D eigenvalue weighted by atomic mass is 32.2. The normalized spacial score (nSPS) is 12.4. The highest BCUT2D eigenvalue weighted by Crippen LogP contribution is 2.21. The van der Waals surface area contributed by atoms with Gasteiger partial charge in [0.05, 0.1) is 16.0 Å². The van der Waals surface area contributed by atoms with Gasteiger partial charge in [0.25, 0.3) is 10.0 Å². The molecule has 6 nitrogen and oxygen atoms in total. The van der Waals surface area contributed by atoms with Crippen LogP contribution >= 0.6 is 0 Å². The van der Waals surface area contributed by atoms with E-state index < -0.39 is 20.0 Å². The van der Waals surface area contributed by atoms with Crippen molar-refractivity contribution in [3.8, 4) is 0 Å². The lowest BCUT2D eigenvalue weighted by atomic mass is 10.2. The van der Waals surface area contributed by atoms with E-state index in [1.807, 2.05) is 6.07 Å². The van der Waals surface area contributed by atoms with Crippen molar-refractivity contribution in [1.82, 2.24) is 4.72 Å². The van der Waals surface area contributed by atoms with Gasteiger partial charge in [0.15, 0.2) is 0 Å². The zero-order valence-electron chi connectivity index (χ0n) is 13.2. The Bertz CT molecular complexity index is 951. The van der Waals surface area contributed by atoms with Crippen LogP contribution in [-0.2, 0) is 20.0 Å². The van der Waals surface area contributed by atoms with Crippen LogP contribution in [0.5, 0.6) is 0 Å². The van der Waals surface area contributed by atoms with Crippen LogP contribution < -0.4 is 9.44 Å². The van der Waals surface area contributed by atoms with Crippen molar-refractivity contribution in [2.24, 2.45) is 0 Å². The fourth-order valence-electron chi connectivity index (χ4n) is 1.99. The maximum atomic E-state index is 12.1. The predicted octanol–water partition coefficient (Wildman–Crippen LogP) is 2.32. The Morgan fingerprint density at radius 1 is 0.958 bits per heavy atom. The first-order chi connectivity index (χ1) is 11.2. The third-order valence-corrected chi connectivity index (χ3v) is 5.82. The van der Waals surface area contributed by atoms with Gasteiger partial charge < -0.3 is 0 Å². The van der Waals surface area contributed by atoms with Gasteiger partial charge in [-0.05, 0) is 43.3 Å². The van der Waals surface area contributed by atoms with Crippen LogP contribution in [0.2, 0.25) is 0 Å². The minimum Gasteiger partial charge on any atom is -0.280 e. The summed E-state index contributed by atoms with van der Waals surface area (Å²) in [6, 6.07) is 13.3. The second kappa shape index (κ2) is 7.16. The van der Waals surface area contributed by atoms with Gasteiger partial charge in [-0.3, -0.25) is 4.72 Å². The number of aryl methyl sites for hydroxylation is 1. The van der Waals surface area contributed by atoms with E-state index in [2.05, 4.69) is 9.44 Å². The van der Waals surface area contributed by atoms with E-state index in [4.69, 9.17) is 0 Å². The Morgan fingerprint density at radius 2 is 1.62 bits per heavy atom. The number of sulfonamides is 2. The second-order valence-corrected chi connectivity index (χ2v) is 8.47. The van der Waals surface area contributed by atoms with E-state index in [1.165, 1.54) is 25.3 Å². The maximum absolute atomic E-state index is 12.1. The first kappa shape index (κ1) is 18.2. The third-order valence-electron chi connectivity index (χ3n) is 3.25. The molecule has 0 aromatic heterocycles. The van der Waals surface area contributed by atoms with Crippen LogP contribution in [0.15, 0.2) is 58.8 Å². The summed E-state index contributed by atoms with van der Waals surface area (Å²) in [5.74, 6) is 0. The van der Waals surface area contributed by atoms with Crippen molar-refractivity contribution in [2.75, 3.05) is 11.8 Å². The largest absolute Gasteiger partial charge is 0.280 e. The van der Waals surface area contributed by atoms with Crippen molar-refractivity contribution in [3.63, 3.8) is 0 Å². The standard InChI is InChI=1S/C16H18N2O4S2/c1-13-8-9-15(12-16(13)24(21,22)17-2)18-23(19,20)11-10-14-6-4-3-5-7-14/h3-12,17-18H,1-2H3/b11-10+. The average molecular weight is 366 g/mol. The van der Waals surface area contributed by atoms with Crippen molar-refractivity contribution in [2.45, 2.75) is 11.8 Å². The molecule has 0 fully saturated rings. The van der Waals surface area contributed by atoms with E-state index in [0.717, 1.165) is 11.0 Å². The molecule has 2 aromatic carbocycles. The molecule has 24 heavy (non-hydrogen) atoms. The molecule has 8 heteroatoms. The zero-order chi connectivity index (χ0) is 17.8. The first-order valence-corrected chi connectivity index (χ1v) is 10.1. The van der Waals surface area contributed by atoms with Gasteiger partial charge in [0.1, 0.15) is 0 Å². The van der Waals surface area contributed by atoms with Crippen LogP contribution in [0.4, 0.5) is 5.69 Å². The number of benzene rings is 2. The Balaban J connectivity index is 2.27. The summed E-state index contributed by atoms with van der Waals surface area (Å²) < 4.78 is 52.7. The molecule has 2 rings (SSSR count). The van der Waals surface area contributed by atoms with E-state index in [1.54, 1.807) is 37.3 Å². The van der Waals surface area contributed by atoms with Crippen molar-refractivity contribution >= 4 is 31.8 Å². The van der Waals surface area contributed by atoms with Crippen LogP contribution in [0, 0.1) is 6.92 Å². The highest BCUT2D eigenvalue weighted by Gasteiger charge is 2.16. The molecule has 0 saturated heterocycles. The molecule has 0 aliphatic rings. The smallest absolute Gasteiger partial charge is 0.255 e. The number of anilines is 1. The van der Waals surface area contributed by atoms with E-state index in [9.17, 15) is 16.8 Å². The topological polar surface area (TPSA) is 92.3 Å². The van der Waals surface area contributed by atoms with Gasteiger partial charge in [-0.15, -0.1) is 0 Å². The molecule has 0 heterocycles. The molecule has 0 unspecified atom stereocenters. The van der Waals surface area contributed by atoms with E-state index in [-0.39, 0.29) is 10.6 Å². The fourth-order valence-corrected chi connectivity index (χ4v) is 3.85. The van der Waals surface area contributed by atoms with Gasteiger partial charge in [0, 0.05) is 0 Å². The summed E-state index contributed by atoms with van der Waals surface area (Å²) in [4.78, 5) is 0.0252. The van der Waals surface area contributed by atoms with E-state index >= 15 is 0 Å². The molecule has 0 spiro atoms. The Morgan fingerprint density at radius 3 is 2.25 bits per heavy atom. The summed E-state index contributed by atoms with van der Waals surface area (Å²) in [6.45, 7) is 1.64. The van der Waals surface area contributed by atoms with E-state index in [0.29, 0.717) is 5.56 Å². The minimum atomic E-state index is -3.76. The predicted molar refractivity (Wildman–Crippen MR) is 95.4 cm³/mol. The SMILES string of the molecule is CNS(=O)(=O)c1cc(NS(=O)(=O)/C=C/c2ccccc2)ccc1C. The molecule has 2 N–H and O–H groups in total. The lowest BCUT2D eigenvalue weighted by Crippen LogP contribution is -2.20. The number of hydrogen-bond donors (Lipinski definition) is 2. The first-order valence-electron chi connectivity index (χ1n) is 7.04. The van der Waals surface area contributed by atoms with Crippen LogP contribution in [-0.4, -0.2) is 23.9 Å². The van der Waals surface area contributed by atoms with Crippen molar-refractivity contribution < 1.29 is 16.8 Å². The Kier molecular flexibility index (Phi) is 5.43. The maximum Gasteiger partial charge on any atom is 0.255 e. The summed E-state index contributed by atoms with van der Waals surface area (Å²) in [6.07, 6.45) is 1.46. The Labute approximate surface area is 142 Å². The van der Waals surface area contributed by atoms with Gasteiger partial charge in [0.2, 0.25) is 10.0 Å². The number of hydrogen-bond acceptors (Lipinski definition) is 4. The zero-order valence-corrected chi connectivity index (χ0v) is 14.9. The number of rotatable bonds is 6. The summed E-state index contributed by atoms with van der Waals surface area (Å²) in [5.41, 5.74) is 1.43. The van der Waals surface area contributed by atoms with Gasteiger partial charge in [-0.2, -0.15) is 0 Å². The third kappa shape index (κ3) is 4.67. The highest BCUT2D eigenvalue weighted by molar-refractivity contribution is 7.95. The lowest BCUT2D eigenvalue weighted by Gasteiger charge is -2.10. The van der Waals surface area contributed by atoms with Crippen molar-refractivity contribution in [3.05, 3.63) is 65.1 Å². The fraction of sp³-hybridized carbons (Fsp3) is 0.125. The Hall–Kier alpha value is -2.16.